The minimum atomic E-state index is -0.292. The highest BCUT2D eigenvalue weighted by atomic mass is 35.5. The predicted octanol–water partition coefficient (Wildman–Crippen LogP) is 2.49. The van der Waals surface area contributed by atoms with Crippen LogP contribution in [0, 0.1) is 0 Å². The molecule has 0 aromatic heterocycles. The second-order valence-electron chi connectivity index (χ2n) is 3.40. The van der Waals surface area contributed by atoms with Gasteiger partial charge in [-0.2, -0.15) is 0 Å². The molecule has 1 N–H and O–H groups in total. The summed E-state index contributed by atoms with van der Waals surface area (Å²) < 4.78 is 11.9. The van der Waals surface area contributed by atoms with Crippen LogP contribution in [0.15, 0.2) is 0 Å². The molecule has 1 saturated carbocycles. The number of alkyl halides is 2. The molecule has 0 aromatic rings. The van der Waals surface area contributed by atoms with E-state index in [1.54, 1.807) is 0 Å². The normalized spacial score (nSPS) is 31.5. The summed E-state index contributed by atoms with van der Waals surface area (Å²) in [6.45, 7) is 0.161. The maximum absolute atomic E-state index is 11.9. The maximum atomic E-state index is 11.9. The van der Waals surface area contributed by atoms with E-state index in [9.17, 15) is 4.39 Å². The largest absolute Gasteiger partial charge is 0.310 e. The monoisotopic (exact) mass is 193 g/mol. The number of hydrogen-bond donors (Lipinski definition) is 1. The third-order valence-corrected chi connectivity index (χ3v) is 2.96. The van der Waals surface area contributed by atoms with E-state index in [1.807, 2.05) is 0 Å². The highest BCUT2D eigenvalue weighted by molar-refractivity contribution is 6.21. The summed E-state index contributed by atoms with van der Waals surface area (Å²) in [5.41, 5.74) is 0. The van der Waals surface area contributed by atoms with Gasteiger partial charge in [0.1, 0.15) is 6.67 Å². The molecule has 0 bridgehead atoms. The van der Waals surface area contributed by atoms with Crippen molar-refractivity contribution in [1.82, 2.24) is 5.32 Å². The molecule has 1 fully saturated rings. The number of rotatable bonds is 3. The van der Waals surface area contributed by atoms with Crippen molar-refractivity contribution in [1.29, 1.82) is 0 Å². The van der Waals surface area contributed by atoms with Gasteiger partial charge in [-0.15, -0.1) is 11.6 Å². The number of halogens is 2. The molecule has 0 heterocycles. The van der Waals surface area contributed by atoms with E-state index in [-0.39, 0.29) is 12.1 Å². The fraction of sp³-hybridized carbons (Fsp3) is 1.00. The average Bonchev–Trinajstić information content (AvgIpc) is 2.27. The Balaban J connectivity index is 2.26. The lowest BCUT2D eigenvalue weighted by atomic mass is 10.1. The number of nitrogens with one attached hydrogen (secondary N) is 1. The van der Waals surface area contributed by atoms with Gasteiger partial charge in [-0.3, -0.25) is 0 Å². The van der Waals surface area contributed by atoms with Crippen molar-refractivity contribution in [2.45, 2.75) is 43.5 Å². The highest BCUT2D eigenvalue weighted by Gasteiger charge is 2.20. The van der Waals surface area contributed by atoms with Gasteiger partial charge in [0.2, 0.25) is 0 Å². The quantitative estimate of drug-likeness (QED) is 0.537. The summed E-state index contributed by atoms with van der Waals surface area (Å²) >= 11 is 6.14. The van der Waals surface area contributed by atoms with Crippen LogP contribution in [-0.4, -0.2) is 24.6 Å². The van der Waals surface area contributed by atoms with Crippen molar-refractivity contribution in [3.63, 3.8) is 0 Å². The Hall–Kier alpha value is 0.180. The molecule has 72 valence electrons. The zero-order valence-corrected chi connectivity index (χ0v) is 8.12. The molecular formula is C9H17ClFN. The van der Waals surface area contributed by atoms with Crippen molar-refractivity contribution in [3.8, 4) is 0 Å². The molecule has 1 aliphatic rings. The molecule has 1 nitrogen and oxygen atoms in total. The van der Waals surface area contributed by atoms with Crippen molar-refractivity contribution in [2.24, 2.45) is 0 Å². The minimum Gasteiger partial charge on any atom is -0.310 e. The highest BCUT2D eigenvalue weighted by Crippen LogP contribution is 2.21. The van der Waals surface area contributed by atoms with Crippen molar-refractivity contribution in [3.05, 3.63) is 0 Å². The van der Waals surface area contributed by atoms with E-state index in [2.05, 4.69) is 5.32 Å². The van der Waals surface area contributed by atoms with E-state index in [0.717, 1.165) is 12.8 Å². The summed E-state index contributed by atoms with van der Waals surface area (Å²) in [5, 5.41) is 3.36. The summed E-state index contributed by atoms with van der Waals surface area (Å²) in [4.78, 5) is 0. The van der Waals surface area contributed by atoms with Gasteiger partial charge in [-0.25, -0.2) is 4.39 Å². The molecule has 1 rings (SSSR count). The van der Waals surface area contributed by atoms with Crippen LogP contribution in [0.2, 0.25) is 0 Å². The van der Waals surface area contributed by atoms with Crippen LogP contribution in [-0.2, 0) is 0 Å². The lowest BCUT2D eigenvalue weighted by Crippen LogP contribution is -2.37. The Labute approximate surface area is 78.7 Å². The molecule has 0 aromatic carbocycles. The van der Waals surface area contributed by atoms with E-state index < -0.39 is 0 Å². The van der Waals surface area contributed by atoms with E-state index in [1.165, 1.54) is 19.3 Å². The first kappa shape index (κ1) is 10.3. The maximum Gasteiger partial charge on any atom is 0.102 e. The zero-order chi connectivity index (χ0) is 8.81. The molecule has 0 saturated heterocycles. The Bertz CT molecular complexity index is 121. The lowest BCUT2D eigenvalue weighted by Gasteiger charge is -2.20. The van der Waals surface area contributed by atoms with Crippen LogP contribution in [0.3, 0.4) is 0 Å². The average molecular weight is 194 g/mol. The first-order valence-electron chi connectivity index (χ1n) is 4.78. The van der Waals surface area contributed by atoms with E-state index in [0.29, 0.717) is 12.6 Å². The smallest absolute Gasteiger partial charge is 0.102 e. The first-order valence-corrected chi connectivity index (χ1v) is 5.21. The molecule has 0 aliphatic heterocycles. The number of hydrogen-bond acceptors (Lipinski definition) is 1. The summed E-state index contributed by atoms with van der Waals surface area (Å²) in [5.74, 6) is 0. The Morgan fingerprint density at radius 2 is 2.00 bits per heavy atom. The molecule has 12 heavy (non-hydrogen) atoms. The Morgan fingerprint density at radius 3 is 2.75 bits per heavy atom. The molecule has 1 aliphatic carbocycles. The second kappa shape index (κ2) is 5.76. The summed E-state index contributed by atoms with van der Waals surface area (Å²) in [6.07, 6.45) is 5.91. The molecule has 3 heteroatoms. The van der Waals surface area contributed by atoms with Crippen LogP contribution in [0.1, 0.15) is 32.1 Å². The van der Waals surface area contributed by atoms with Gasteiger partial charge < -0.3 is 5.32 Å². The van der Waals surface area contributed by atoms with Crippen molar-refractivity contribution >= 4 is 11.6 Å². The third kappa shape index (κ3) is 3.28. The van der Waals surface area contributed by atoms with Gasteiger partial charge in [0.25, 0.3) is 0 Å². The fourth-order valence-electron chi connectivity index (χ4n) is 1.73. The van der Waals surface area contributed by atoms with Gasteiger partial charge in [-0.1, -0.05) is 19.3 Å². The van der Waals surface area contributed by atoms with Crippen molar-refractivity contribution < 1.29 is 4.39 Å². The lowest BCUT2D eigenvalue weighted by molar-refractivity contribution is 0.409. The minimum absolute atomic E-state index is 0.207. The van der Waals surface area contributed by atoms with Crippen LogP contribution in [0.4, 0.5) is 4.39 Å². The SMILES string of the molecule is FCCNC1CCCCCC1Cl. The summed E-state index contributed by atoms with van der Waals surface area (Å²) in [6, 6.07) is 0.338. The molecule has 0 radical (unpaired) electrons. The van der Waals surface area contributed by atoms with Crippen LogP contribution in [0.25, 0.3) is 0 Å². The molecule has 0 amide bonds. The van der Waals surface area contributed by atoms with Gasteiger partial charge in [0, 0.05) is 18.0 Å². The topological polar surface area (TPSA) is 12.0 Å². The van der Waals surface area contributed by atoms with Gasteiger partial charge in [0.05, 0.1) is 0 Å². The fourth-order valence-corrected chi connectivity index (χ4v) is 2.10. The molecule has 2 unspecified atom stereocenters. The second-order valence-corrected chi connectivity index (χ2v) is 3.96. The standard InChI is InChI=1S/C9H17ClFN/c10-8-4-2-1-3-5-9(8)12-7-6-11/h8-9,12H,1-7H2. The Kier molecular flexibility index (Phi) is 4.93. The Morgan fingerprint density at radius 1 is 1.25 bits per heavy atom. The van der Waals surface area contributed by atoms with E-state index >= 15 is 0 Å². The molecule has 2 atom stereocenters. The third-order valence-electron chi connectivity index (χ3n) is 2.43. The van der Waals surface area contributed by atoms with Crippen LogP contribution < -0.4 is 5.32 Å². The predicted molar refractivity (Wildman–Crippen MR) is 50.5 cm³/mol. The molecular weight excluding hydrogens is 177 g/mol. The van der Waals surface area contributed by atoms with Crippen LogP contribution >= 0.6 is 11.6 Å². The van der Waals surface area contributed by atoms with Gasteiger partial charge in [0.15, 0.2) is 0 Å². The van der Waals surface area contributed by atoms with Gasteiger partial charge in [-0.05, 0) is 12.8 Å². The van der Waals surface area contributed by atoms with E-state index in [4.69, 9.17) is 11.6 Å². The van der Waals surface area contributed by atoms with Gasteiger partial charge >= 0.3 is 0 Å². The zero-order valence-electron chi connectivity index (χ0n) is 7.36. The van der Waals surface area contributed by atoms with Crippen LogP contribution in [0.5, 0.6) is 0 Å². The van der Waals surface area contributed by atoms with Crippen molar-refractivity contribution in [2.75, 3.05) is 13.2 Å². The molecule has 0 spiro atoms. The first-order chi connectivity index (χ1) is 5.84. The summed E-state index contributed by atoms with van der Waals surface area (Å²) in [7, 11) is 0.